The minimum absolute atomic E-state index is 0.137. The molecule has 0 bridgehead atoms. The molecule has 0 amide bonds. The molecule has 0 aromatic rings. The second kappa shape index (κ2) is 6.39. The van der Waals surface area contributed by atoms with Gasteiger partial charge in [-0.2, -0.15) is 0 Å². The van der Waals surface area contributed by atoms with Gasteiger partial charge in [0.15, 0.2) is 0 Å². The molecule has 1 aliphatic carbocycles. The van der Waals surface area contributed by atoms with Gasteiger partial charge in [-0.15, -0.1) is 0 Å². The highest BCUT2D eigenvalue weighted by molar-refractivity contribution is 4.71. The quantitative estimate of drug-likeness (QED) is 0.707. The van der Waals surface area contributed by atoms with Crippen molar-refractivity contribution in [1.82, 2.24) is 0 Å². The van der Waals surface area contributed by atoms with E-state index < -0.39 is 0 Å². The Kier molecular flexibility index (Phi) is 5.40. The van der Waals surface area contributed by atoms with Crippen molar-refractivity contribution in [3.8, 4) is 0 Å². The maximum Gasteiger partial charge on any atom is 0.0483 e. The molecule has 13 heavy (non-hydrogen) atoms. The molecule has 0 radical (unpaired) electrons. The summed E-state index contributed by atoms with van der Waals surface area (Å²) in [7, 11) is 0. The number of rotatable bonds is 3. The van der Waals surface area contributed by atoms with Gasteiger partial charge in [0.1, 0.15) is 0 Å². The summed E-state index contributed by atoms with van der Waals surface area (Å²) in [6.07, 6.45) is 9.00. The largest absolute Gasteiger partial charge is 0.396 e. The molecule has 1 fully saturated rings. The smallest absolute Gasteiger partial charge is 0.0483 e. The fraction of sp³-hybridized carbons (Fsp3) is 1.00. The summed E-state index contributed by atoms with van der Waals surface area (Å²) in [6, 6.07) is 0. The number of hydrogen-bond donors (Lipinski definition) is 2. The molecule has 2 nitrogen and oxygen atoms in total. The van der Waals surface area contributed by atoms with E-state index in [-0.39, 0.29) is 19.1 Å². The third-order valence-electron chi connectivity index (χ3n) is 3.29. The summed E-state index contributed by atoms with van der Waals surface area (Å²) >= 11 is 0. The lowest BCUT2D eigenvalue weighted by atomic mass is 9.82. The minimum atomic E-state index is 0.137. The monoisotopic (exact) mass is 186 g/mol. The van der Waals surface area contributed by atoms with E-state index in [1.54, 1.807) is 0 Å². The first kappa shape index (κ1) is 11.0. The SMILES string of the molecule is OCC(CO)C1CCCCCCC1. The molecule has 0 spiro atoms. The maximum absolute atomic E-state index is 9.08. The van der Waals surface area contributed by atoms with Crippen molar-refractivity contribution in [3.63, 3.8) is 0 Å². The van der Waals surface area contributed by atoms with Crippen LogP contribution in [0.4, 0.5) is 0 Å². The minimum Gasteiger partial charge on any atom is -0.396 e. The second-order valence-corrected chi connectivity index (χ2v) is 4.23. The molecule has 1 aliphatic rings. The molecule has 0 saturated heterocycles. The molecule has 0 atom stereocenters. The highest BCUT2D eigenvalue weighted by atomic mass is 16.3. The van der Waals surface area contributed by atoms with Crippen LogP contribution in [0.25, 0.3) is 0 Å². The predicted molar refractivity (Wildman–Crippen MR) is 53.5 cm³/mol. The molecular weight excluding hydrogens is 164 g/mol. The van der Waals surface area contributed by atoms with E-state index in [9.17, 15) is 0 Å². The maximum atomic E-state index is 9.08. The lowest BCUT2D eigenvalue weighted by Crippen LogP contribution is -2.23. The van der Waals surface area contributed by atoms with Crippen molar-refractivity contribution in [1.29, 1.82) is 0 Å². The highest BCUT2D eigenvalue weighted by Crippen LogP contribution is 2.27. The van der Waals surface area contributed by atoms with Crippen LogP contribution < -0.4 is 0 Å². The van der Waals surface area contributed by atoms with Crippen LogP contribution in [0, 0.1) is 11.8 Å². The van der Waals surface area contributed by atoms with Gasteiger partial charge in [0.2, 0.25) is 0 Å². The lowest BCUT2D eigenvalue weighted by Gasteiger charge is -2.25. The second-order valence-electron chi connectivity index (χ2n) is 4.23. The molecule has 1 saturated carbocycles. The fourth-order valence-electron chi connectivity index (χ4n) is 2.32. The Morgan fingerprint density at radius 3 is 1.77 bits per heavy atom. The normalized spacial score (nSPS) is 21.5. The Morgan fingerprint density at radius 2 is 1.31 bits per heavy atom. The summed E-state index contributed by atoms with van der Waals surface area (Å²) in [5.41, 5.74) is 0. The van der Waals surface area contributed by atoms with Crippen LogP contribution in [0.15, 0.2) is 0 Å². The van der Waals surface area contributed by atoms with Gasteiger partial charge in [-0.1, -0.05) is 44.9 Å². The van der Waals surface area contributed by atoms with Crippen LogP contribution in [0.2, 0.25) is 0 Å². The molecule has 0 aliphatic heterocycles. The van der Waals surface area contributed by atoms with Crippen LogP contribution in [-0.4, -0.2) is 23.4 Å². The van der Waals surface area contributed by atoms with E-state index in [4.69, 9.17) is 10.2 Å². The van der Waals surface area contributed by atoms with Crippen LogP contribution in [0.5, 0.6) is 0 Å². The first-order valence-electron chi connectivity index (χ1n) is 5.60. The molecule has 0 aromatic heterocycles. The molecule has 0 aromatic carbocycles. The number of aliphatic hydroxyl groups excluding tert-OH is 2. The molecule has 78 valence electrons. The van der Waals surface area contributed by atoms with Gasteiger partial charge in [-0.05, 0) is 5.92 Å². The lowest BCUT2D eigenvalue weighted by molar-refractivity contribution is 0.0934. The molecule has 2 N–H and O–H groups in total. The van der Waals surface area contributed by atoms with Gasteiger partial charge in [0.25, 0.3) is 0 Å². The predicted octanol–water partition coefficient (Wildman–Crippen LogP) is 1.95. The van der Waals surface area contributed by atoms with Crippen molar-refractivity contribution >= 4 is 0 Å². The molecular formula is C11H22O2. The topological polar surface area (TPSA) is 40.5 Å². The molecule has 0 unspecified atom stereocenters. The zero-order chi connectivity index (χ0) is 9.52. The Hall–Kier alpha value is -0.0800. The van der Waals surface area contributed by atoms with E-state index in [1.165, 1.54) is 44.9 Å². The average molecular weight is 186 g/mol. The summed E-state index contributed by atoms with van der Waals surface area (Å²) < 4.78 is 0. The summed E-state index contributed by atoms with van der Waals surface area (Å²) in [5.74, 6) is 0.702. The zero-order valence-corrected chi connectivity index (χ0v) is 8.41. The van der Waals surface area contributed by atoms with Crippen molar-refractivity contribution in [2.24, 2.45) is 11.8 Å². The standard InChI is InChI=1S/C11H22O2/c12-8-11(9-13)10-6-4-2-1-3-5-7-10/h10-13H,1-9H2. The summed E-state index contributed by atoms with van der Waals surface area (Å²) in [4.78, 5) is 0. The molecule has 2 heteroatoms. The van der Waals surface area contributed by atoms with Crippen LogP contribution in [-0.2, 0) is 0 Å². The number of hydrogen-bond acceptors (Lipinski definition) is 2. The van der Waals surface area contributed by atoms with E-state index in [1.807, 2.05) is 0 Å². The molecule has 1 rings (SSSR count). The average Bonchev–Trinajstić information content (AvgIpc) is 2.09. The third-order valence-corrected chi connectivity index (χ3v) is 3.29. The van der Waals surface area contributed by atoms with Crippen LogP contribution in [0.1, 0.15) is 44.9 Å². The van der Waals surface area contributed by atoms with Crippen molar-refractivity contribution in [3.05, 3.63) is 0 Å². The Labute approximate surface area is 81.0 Å². The van der Waals surface area contributed by atoms with Gasteiger partial charge in [0, 0.05) is 19.1 Å². The van der Waals surface area contributed by atoms with Crippen molar-refractivity contribution in [2.45, 2.75) is 44.9 Å². The first-order valence-corrected chi connectivity index (χ1v) is 5.60. The van der Waals surface area contributed by atoms with E-state index in [2.05, 4.69) is 0 Å². The van der Waals surface area contributed by atoms with E-state index in [0.29, 0.717) is 5.92 Å². The Morgan fingerprint density at radius 1 is 0.846 bits per heavy atom. The summed E-state index contributed by atoms with van der Waals surface area (Å²) in [5, 5.41) is 18.2. The summed E-state index contributed by atoms with van der Waals surface area (Å²) in [6.45, 7) is 0.308. The van der Waals surface area contributed by atoms with Crippen molar-refractivity contribution in [2.75, 3.05) is 13.2 Å². The van der Waals surface area contributed by atoms with Gasteiger partial charge in [-0.3, -0.25) is 0 Å². The molecule has 0 heterocycles. The fourth-order valence-corrected chi connectivity index (χ4v) is 2.32. The third kappa shape index (κ3) is 3.65. The zero-order valence-electron chi connectivity index (χ0n) is 8.41. The van der Waals surface area contributed by atoms with Gasteiger partial charge >= 0.3 is 0 Å². The van der Waals surface area contributed by atoms with Gasteiger partial charge < -0.3 is 10.2 Å². The van der Waals surface area contributed by atoms with Crippen LogP contribution in [0.3, 0.4) is 0 Å². The van der Waals surface area contributed by atoms with Crippen molar-refractivity contribution < 1.29 is 10.2 Å². The van der Waals surface area contributed by atoms with Gasteiger partial charge in [-0.25, -0.2) is 0 Å². The van der Waals surface area contributed by atoms with Gasteiger partial charge in [0.05, 0.1) is 0 Å². The van der Waals surface area contributed by atoms with E-state index >= 15 is 0 Å². The number of aliphatic hydroxyl groups is 2. The van der Waals surface area contributed by atoms with E-state index in [0.717, 1.165) is 0 Å². The first-order chi connectivity index (χ1) is 6.38. The Balaban J connectivity index is 2.35. The van der Waals surface area contributed by atoms with Crippen LogP contribution >= 0.6 is 0 Å². The Bertz CT molecular complexity index is 113. The highest BCUT2D eigenvalue weighted by Gasteiger charge is 2.20.